The van der Waals surface area contributed by atoms with Crippen LogP contribution in [0.5, 0.6) is 0 Å². The number of likely N-dealkylation sites (tertiary alicyclic amines) is 1. The third-order valence-corrected chi connectivity index (χ3v) is 4.64. The zero-order valence-electron chi connectivity index (χ0n) is 13.1. The molecule has 0 unspecified atom stereocenters. The van der Waals surface area contributed by atoms with Crippen molar-refractivity contribution in [1.82, 2.24) is 20.0 Å². The number of hydrogen-bond acceptors (Lipinski definition) is 6. The van der Waals surface area contributed by atoms with Gasteiger partial charge in [0.1, 0.15) is 0 Å². The molecule has 6 heteroatoms. The van der Waals surface area contributed by atoms with Gasteiger partial charge in [-0.2, -0.15) is 0 Å². The summed E-state index contributed by atoms with van der Waals surface area (Å²) >= 11 is 0. The highest BCUT2D eigenvalue weighted by atomic mass is 16.5. The lowest BCUT2D eigenvalue weighted by molar-refractivity contribution is 0.00636. The normalized spacial score (nSPS) is 26.9. The number of hydrogen-bond donors (Lipinski definition) is 0. The molecule has 2 aliphatic rings. The smallest absolute Gasteiger partial charge is 0.233 e. The molecule has 0 spiro atoms. The van der Waals surface area contributed by atoms with Gasteiger partial charge < -0.3 is 9.15 Å². The van der Waals surface area contributed by atoms with Crippen LogP contribution in [0, 0.1) is 6.92 Å². The molecule has 0 saturated carbocycles. The van der Waals surface area contributed by atoms with Gasteiger partial charge in [0.15, 0.2) is 0 Å². The molecule has 2 saturated heterocycles. The Balaban J connectivity index is 1.65. The van der Waals surface area contributed by atoms with Gasteiger partial charge in [0.05, 0.1) is 19.3 Å². The Kier molecular flexibility index (Phi) is 4.87. The molecule has 6 nitrogen and oxygen atoms in total. The maximum atomic E-state index is 5.64. The maximum absolute atomic E-state index is 5.64. The molecular formula is C15H26N4O2. The molecule has 21 heavy (non-hydrogen) atoms. The summed E-state index contributed by atoms with van der Waals surface area (Å²) < 4.78 is 11.1. The van der Waals surface area contributed by atoms with Crippen LogP contribution >= 0.6 is 0 Å². The standard InChI is InChI=1S/C15H26N4O2/c1-12(15-17-16-13(2)21-15)19-6-4-3-5-14(19)11-18-7-9-20-10-8-18/h12,14H,3-11H2,1-2H3/t12-,14+/m1/s1. The Morgan fingerprint density at radius 2 is 2.00 bits per heavy atom. The fourth-order valence-electron chi connectivity index (χ4n) is 3.43. The van der Waals surface area contributed by atoms with E-state index in [1.54, 1.807) is 0 Å². The third-order valence-electron chi connectivity index (χ3n) is 4.64. The van der Waals surface area contributed by atoms with E-state index in [2.05, 4.69) is 26.9 Å². The van der Waals surface area contributed by atoms with E-state index in [0.717, 1.165) is 45.3 Å². The average molecular weight is 294 g/mol. The van der Waals surface area contributed by atoms with Crippen LogP contribution in [0.3, 0.4) is 0 Å². The second-order valence-corrected chi connectivity index (χ2v) is 6.14. The number of aryl methyl sites for hydroxylation is 1. The maximum Gasteiger partial charge on any atom is 0.233 e. The molecule has 0 amide bonds. The van der Waals surface area contributed by atoms with Crippen LogP contribution in [-0.2, 0) is 4.74 Å². The molecular weight excluding hydrogens is 268 g/mol. The summed E-state index contributed by atoms with van der Waals surface area (Å²) in [6.45, 7) is 10.1. The lowest BCUT2D eigenvalue weighted by Gasteiger charge is -2.41. The first-order chi connectivity index (χ1) is 10.2. The van der Waals surface area contributed by atoms with E-state index in [1.165, 1.54) is 19.3 Å². The fourth-order valence-corrected chi connectivity index (χ4v) is 3.43. The SMILES string of the molecule is Cc1nnc([C@@H](C)N2CCCC[C@H]2CN2CCOCC2)o1. The highest BCUT2D eigenvalue weighted by molar-refractivity contribution is 4.93. The highest BCUT2D eigenvalue weighted by Gasteiger charge is 2.31. The molecule has 0 bridgehead atoms. The number of piperidine rings is 1. The summed E-state index contributed by atoms with van der Waals surface area (Å²) in [5, 5.41) is 8.18. The zero-order valence-corrected chi connectivity index (χ0v) is 13.1. The molecule has 0 radical (unpaired) electrons. The van der Waals surface area contributed by atoms with E-state index in [9.17, 15) is 0 Å². The van der Waals surface area contributed by atoms with Crippen LogP contribution in [0.1, 0.15) is 44.0 Å². The number of morpholine rings is 1. The Morgan fingerprint density at radius 3 is 2.71 bits per heavy atom. The second kappa shape index (κ2) is 6.85. The van der Waals surface area contributed by atoms with Crippen molar-refractivity contribution in [2.24, 2.45) is 0 Å². The first kappa shape index (κ1) is 14.9. The van der Waals surface area contributed by atoms with Crippen LogP contribution in [0.25, 0.3) is 0 Å². The van der Waals surface area contributed by atoms with Gasteiger partial charge in [0.25, 0.3) is 0 Å². The lowest BCUT2D eigenvalue weighted by Crippen LogP contribution is -2.50. The monoisotopic (exact) mass is 294 g/mol. The summed E-state index contributed by atoms with van der Waals surface area (Å²) in [6.07, 6.45) is 3.84. The number of rotatable bonds is 4. The van der Waals surface area contributed by atoms with Gasteiger partial charge in [-0.3, -0.25) is 9.80 Å². The van der Waals surface area contributed by atoms with Crippen LogP contribution in [0.2, 0.25) is 0 Å². The molecule has 2 aliphatic heterocycles. The number of nitrogens with zero attached hydrogens (tertiary/aromatic N) is 4. The van der Waals surface area contributed by atoms with Gasteiger partial charge >= 0.3 is 0 Å². The number of aromatic nitrogens is 2. The molecule has 1 aromatic rings. The van der Waals surface area contributed by atoms with E-state index in [4.69, 9.17) is 9.15 Å². The van der Waals surface area contributed by atoms with Crippen molar-refractivity contribution in [1.29, 1.82) is 0 Å². The summed E-state index contributed by atoms with van der Waals surface area (Å²) in [6, 6.07) is 0.789. The van der Waals surface area contributed by atoms with Crippen molar-refractivity contribution in [3.63, 3.8) is 0 Å². The van der Waals surface area contributed by atoms with Gasteiger partial charge in [0, 0.05) is 32.6 Å². The minimum atomic E-state index is 0.206. The van der Waals surface area contributed by atoms with Crippen molar-refractivity contribution in [3.05, 3.63) is 11.8 Å². The minimum Gasteiger partial charge on any atom is -0.424 e. The van der Waals surface area contributed by atoms with Crippen LogP contribution < -0.4 is 0 Å². The van der Waals surface area contributed by atoms with Gasteiger partial charge in [-0.05, 0) is 26.3 Å². The van der Waals surface area contributed by atoms with E-state index in [1.807, 2.05) is 6.92 Å². The van der Waals surface area contributed by atoms with Crippen molar-refractivity contribution >= 4 is 0 Å². The van der Waals surface area contributed by atoms with Gasteiger partial charge in [0.2, 0.25) is 11.8 Å². The summed E-state index contributed by atoms with van der Waals surface area (Å²) in [4.78, 5) is 5.07. The molecule has 1 aromatic heterocycles. The first-order valence-electron chi connectivity index (χ1n) is 8.10. The first-order valence-corrected chi connectivity index (χ1v) is 8.10. The van der Waals surface area contributed by atoms with Crippen molar-refractivity contribution < 1.29 is 9.15 Å². The second-order valence-electron chi connectivity index (χ2n) is 6.14. The van der Waals surface area contributed by atoms with Gasteiger partial charge in [-0.1, -0.05) is 6.42 Å². The molecule has 2 fully saturated rings. The predicted molar refractivity (Wildman–Crippen MR) is 79.1 cm³/mol. The number of ether oxygens (including phenoxy) is 1. The Labute approximate surface area is 126 Å². The quantitative estimate of drug-likeness (QED) is 0.841. The lowest BCUT2D eigenvalue weighted by atomic mass is 9.99. The van der Waals surface area contributed by atoms with Gasteiger partial charge in [-0.15, -0.1) is 10.2 Å². The van der Waals surface area contributed by atoms with Crippen LogP contribution in [0.4, 0.5) is 0 Å². The van der Waals surface area contributed by atoms with Crippen LogP contribution in [-0.4, -0.2) is 65.4 Å². The van der Waals surface area contributed by atoms with Crippen molar-refractivity contribution in [2.45, 2.75) is 45.2 Å². The molecule has 0 aliphatic carbocycles. The fraction of sp³-hybridized carbons (Fsp3) is 0.867. The van der Waals surface area contributed by atoms with E-state index >= 15 is 0 Å². The van der Waals surface area contributed by atoms with E-state index in [0.29, 0.717) is 11.9 Å². The topological polar surface area (TPSA) is 54.6 Å². The Hall–Kier alpha value is -0.980. The Bertz CT molecular complexity index is 445. The molecule has 3 heterocycles. The minimum absolute atomic E-state index is 0.206. The summed E-state index contributed by atoms with van der Waals surface area (Å²) in [7, 11) is 0. The molecule has 2 atom stereocenters. The average Bonchev–Trinajstić information content (AvgIpc) is 2.95. The van der Waals surface area contributed by atoms with Gasteiger partial charge in [-0.25, -0.2) is 0 Å². The van der Waals surface area contributed by atoms with E-state index < -0.39 is 0 Å². The molecule has 0 N–H and O–H groups in total. The van der Waals surface area contributed by atoms with Crippen molar-refractivity contribution in [2.75, 3.05) is 39.4 Å². The predicted octanol–water partition coefficient (Wildman–Crippen LogP) is 1.63. The molecule has 118 valence electrons. The third kappa shape index (κ3) is 3.62. The molecule has 0 aromatic carbocycles. The zero-order chi connectivity index (χ0) is 14.7. The summed E-state index contributed by atoms with van der Waals surface area (Å²) in [5.74, 6) is 1.40. The Morgan fingerprint density at radius 1 is 1.19 bits per heavy atom. The highest BCUT2D eigenvalue weighted by Crippen LogP contribution is 2.28. The van der Waals surface area contributed by atoms with Crippen LogP contribution in [0.15, 0.2) is 4.42 Å². The largest absolute Gasteiger partial charge is 0.424 e. The van der Waals surface area contributed by atoms with Crippen molar-refractivity contribution in [3.8, 4) is 0 Å². The summed E-state index contributed by atoms with van der Waals surface area (Å²) in [5.41, 5.74) is 0. The van der Waals surface area contributed by atoms with E-state index in [-0.39, 0.29) is 6.04 Å². The molecule has 3 rings (SSSR count).